The number of carboxylic acid groups (broad SMARTS) is 1. The van der Waals surface area contributed by atoms with Gasteiger partial charge in [0.05, 0.1) is 5.92 Å². The molecule has 1 aromatic rings. The van der Waals surface area contributed by atoms with Crippen LogP contribution in [0, 0.1) is 16.4 Å². The highest BCUT2D eigenvalue weighted by Crippen LogP contribution is 2.24. The van der Waals surface area contributed by atoms with Crippen LogP contribution in [-0.2, 0) is 4.79 Å². The first-order valence-electron chi connectivity index (χ1n) is 6.70. The first-order valence-corrected chi connectivity index (χ1v) is 7.78. The summed E-state index contributed by atoms with van der Waals surface area (Å²) in [6.07, 6.45) is 1.39. The van der Waals surface area contributed by atoms with E-state index in [0.717, 1.165) is 15.6 Å². The Morgan fingerprint density at radius 3 is 2.65 bits per heavy atom. The predicted octanol–water partition coefficient (Wildman–Crippen LogP) is 2.92. The van der Waals surface area contributed by atoms with Crippen LogP contribution < -0.4 is 0 Å². The fraction of sp³-hybridized carbons (Fsp3) is 0.467. The second kappa shape index (κ2) is 6.11. The fourth-order valence-electron chi connectivity index (χ4n) is 2.48. The van der Waals surface area contributed by atoms with Gasteiger partial charge in [-0.25, -0.2) is 0 Å². The van der Waals surface area contributed by atoms with Gasteiger partial charge in [-0.3, -0.25) is 9.59 Å². The molecule has 1 heterocycles. The lowest BCUT2D eigenvalue weighted by Crippen LogP contribution is -2.47. The van der Waals surface area contributed by atoms with Crippen molar-refractivity contribution in [3.05, 3.63) is 32.9 Å². The first kappa shape index (κ1) is 15.3. The number of carbonyl (C=O) groups is 2. The number of aryl methyl sites for hydroxylation is 1. The molecule has 5 heteroatoms. The molecule has 2 atom stereocenters. The van der Waals surface area contributed by atoms with Crippen molar-refractivity contribution in [2.75, 3.05) is 6.54 Å². The third kappa shape index (κ3) is 3.13. The minimum Gasteiger partial charge on any atom is -0.481 e. The van der Waals surface area contributed by atoms with Gasteiger partial charge in [-0.15, -0.1) is 0 Å². The average Bonchev–Trinajstić information content (AvgIpc) is 2.41. The van der Waals surface area contributed by atoms with E-state index in [1.165, 1.54) is 0 Å². The molecule has 1 aliphatic rings. The molecule has 0 bridgehead atoms. The number of benzene rings is 1. The third-order valence-electron chi connectivity index (χ3n) is 3.91. The van der Waals surface area contributed by atoms with Crippen LogP contribution in [0.3, 0.4) is 0 Å². The highest BCUT2D eigenvalue weighted by molar-refractivity contribution is 14.1. The predicted molar refractivity (Wildman–Crippen MR) is 84.8 cm³/mol. The van der Waals surface area contributed by atoms with Crippen molar-refractivity contribution >= 4 is 34.5 Å². The number of aliphatic carboxylic acids is 1. The Labute approximate surface area is 132 Å². The van der Waals surface area contributed by atoms with Crippen molar-refractivity contribution in [3.8, 4) is 0 Å². The van der Waals surface area contributed by atoms with E-state index < -0.39 is 11.9 Å². The van der Waals surface area contributed by atoms with Gasteiger partial charge in [0.15, 0.2) is 0 Å². The summed E-state index contributed by atoms with van der Waals surface area (Å²) in [7, 11) is 0. The summed E-state index contributed by atoms with van der Waals surface area (Å²) in [5.41, 5.74) is 1.77. The smallest absolute Gasteiger partial charge is 0.308 e. The quantitative estimate of drug-likeness (QED) is 0.794. The first-order chi connectivity index (χ1) is 9.40. The third-order valence-corrected chi connectivity index (χ3v) is 5.07. The van der Waals surface area contributed by atoms with Crippen LogP contribution in [0.5, 0.6) is 0 Å². The Kier molecular flexibility index (Phi) is 4.67. The number of halogens is 1. The van der Waals surface area contributed by atoms with Gasteiger partial charge in [0.25, 0.3) is 5.91 Å². The molecule has 1 fully saturated rings. The van der Waals surface area contributed by atoms with E-state index in [1.807, 2.05) is 32.0 Å². The number of nitrogens with zero attached hydrogens (tertiary/aromatic N) is 1. The minimum atomic E-state index is -0.812. The maximum Gasteiger partial charge on any atom is 0.308 e. The molecular formula is C15H18INO3. The van der Waals surface area contributed by atoms with Crippen molar-refractivity contribution in [2.45, 2.75) is 32.7 Å². The molecule has 0 spiro atoms. The molecule has 1 amide bonds. The molecule has 1 aromatic carbocycles. The number of carbonyl (C=O) groups excluding carboxylic acids is 1. The normalized spacial score (nSPS) is 22.6. The van der Waals surface area contributed by atoms with Crippen LogP contribution in [0.1, 0.15) is 35.7 Å². The molecule has 2 unspecified atom stereocenters. The molecule has 108 valence electrons. The largest absolute Gasteiger partial charge is 0.481 e. The van der Waals surface area contributed by atoms with Crippen LogP contribution in [0.15, 0.2) is 18.2 Å². The van der Waals surface area contributed by atoms with Gasteiger partial charge in [0.2, 0.25) is 0 Å². The second-order valence-electron chi connectivity index (χ2n) is 5.38. The second-order valence-corrected chi connectivity index (χ2v) is 6.55. The molecule has 0 aliphatic carbocycles. The van der Waals surface area contributed by atoms with Crippen LogP contribution in [-0.4, -0.2) is 34.5 Å². The van der Waals surface area contributed by atoms with Gasteiger partial charge < -0.3 is 10.0 Å². The number of carboxylic acids is 1. The maximum atomic E-state index is 12.6. The molecule has 1 saturated heterocycles. The number of hydrogen-bond acceptors (Lipinski definition) is 2. The summed E-state index contributed by atoms with van der Waals surface area (Å²) in [5, 5.41) is 9.14. The van der Waals surface area contributed by atoms with Crippen LogP contribution in [0.2, 0.25) is 0 Å². The lowest BCUT2D eigenvalue weighted by molar-refractivity contribution is -0.143. The zero-order valence-corrected chi connectivity index (χ0v) is 13.8. The van der Waals surface area contributed by atoms with Gasteiger partial charge in [-0.2, -0.15) is 0 Å². The number of likely N-dealkylation sites (tertiary alicyclic amines) is 1. The summed E-state index contributed by atoms with van der Waals surface area (Å²) >= 11 is 2.21. The Morgan fingerprint density at radius 1 is 1.35 bits per heavy atom. The van der Waals surface area contributed by atoms with E-state index in [4.69, 9.17) is 5.11 Å². The van der Waals surface area contributed by atoms with Crippen molar-refractivity contribution in [1.29, 1.82) is 0 Å². The molecule has 0 aromatic heterocycles. The van der Waals surface area contributed by atoms with E-state index in [1.54, 1.807) is 4.90 Å². The SMILES string of the molecule is Cc1ccc(C(=O)N2CC(C(=O)O)CCC2C)cc1I. The summed E-state index contributed by atoms with van der Waals surface area (Å²) in [6.45, 7) is 4.29. The molecular weight excluding hydrogens is 369 g/mol. The lowest BCUT2D eigenvalue weighted by Gasteiger charge is -2.36. The van der Waals surface area contributed by atoms with Crippen LogP contribution in [0.25, 0.3) is 0 Å². The van der Waals surface area contributed by atoms with Crippen molar-refractivity contribution < 1.29 is 14.7 Å². The van der Waals surface area contributed by atoms with E-state index in [-0.39, 0.29) is 11.9 Å². The van der Waals surface area contributed by atoms with Gasteiger partial charge in [0.1, 0.15) is 0 Å². The number of rotatable bonds is 2. The van der Waals surface area contributed by atoms with E-state index in [9.17, 15) is 9.59 Å². The van der Waals surface area contributed by atoms with Crippen LogP contribution in [0.4, 0.5) is 0 Å². The topological polar surface area (TPSA) is 57.6 Å². The molecule has 20 heavy (non-hydrogen) atoms. The van der Waals surface area contributed by atoms with E-state index in [0.29, 0.717) is 18.5 Å². The zero-order chi connectivity index (χ0) is 14.9. The minimum absolute atomic E-state index is 0.0682. The van der Waals surface area contributed by atoms with Crippen molar-refractivity contribution in [1.82, 2.24) is 4.90 Å². The summed E-state index contributed by atoms with van der Waals surface area (Å²) in [6, 6.07) is 5.71. The van der Waals surface area contributed by atoms with Gasteiger partial charge >= 0.3 is 5.97 Å². The Morgan fingerprint density at radius 2 is 2.05 bits per heavy atom. The molecule has 2 rings (SSSR count). The average molecular weight is 387 g/mol. The standard InChI is InChI=1S/C15H18INO3/c1-9-3-5-11(7-13(9)16)14(18)17-8-12(15(19)20)6-4-10(17)2/h3,5,7,10,12H,4,6,8H2,1-2H3,(H,19,20). The molecule has 0 radical (unpaired) electrons. The van der Waals surface area contributed by atoms with E-state index >= 15 is 0 Å². The number of piperidine rings is 1. The van der Waals surface area contributed by atoms with Gasteiger partial charge in [-0.1, -0.05) is 6.07 Å². The summed E-state index contributed by atoms with van der Waals surface area (Å²) < 4.78 is 1.05. The molecule has 0 saturated carbocycles. The number of hydrogen-bond donors (Lipinski definition) is 1. The lowest BCUT2D eigenvalue weighted by atomic mass is 9.93. The fourth-order valence-corrected chi connectivity index (χ4v) is 3.00. The highest BCUT2D eigenvalue weighted by Gasteiger charge is 2.32. The van der Waals surface area contributed by atoms with Crippen molar-refractivity contribution in [2.24, 2.45) is 5.92 Å². The Balaban J connectivity index is 2.21. The Hall–Kier alpha value is -1.11. The Bertz CT molecular complexity index is 544. The van der Waals surface area contributed by atoms with Crippen LogP contribution >= 0.6 is 22.6 Å². The van der Waals surface area contributed by atoms with Gasteiger partial charge in [-0.05, 0) is 67.0 Å². The van der Waals surface area contributed by atoms with Crippen molar-refractivity contribution in [3.63, 3.8) is 0 Å². The summed E-state index contributed by atoms with van der Waals surface area (Å²) in [4.78, 5) is 25.4. The molecule has 1 N–H and O–H groups in total. The highest BCUT2D eigenvalue weighted by atomic mass is 127. The van der Waals surface area contributed by atoms with E-state index in [2.05, 4.69) is 22.6 Å². The molecule has 1 aliphatic heterocycles. The zero-order valence-electron chi connectivity index (χ0n) is 11.6. The number of amides is 1. The maximum absolute atomic E-state index is 12.6. The molecule has 4 nitrogen and oxygen atoms in total. The summed E-state index contributed by atoms with van der Waals surface area (Å²) in [5.74, 6) is -1.32. The van der Waals surface area contributed by atoms with Gasteiger partial charge in [0, 0.05) is 21.7 Å². The monoisotopic (exact) mass is 387 g/mol.